The number of hydrogen-bond acceptors (Lipinski definition) is 4. The van der Waals surface area contributed by atoms with Crippen molar-refractivity contribution >= 4 is 10.0 Å². The molecule has 0 saturated heterocycles. The topological polar surface area (TPSA) is 64.6 Å². The average Bonchev–Trinajstić information content (AvgIpc) is 2.45. The summed E-state index contributed by atoms with van der Waals surface area (Å²) in [5.74, 6) is -3.98. The Morgan fingerprint density at radius 3 is 2.43 bits per heavy atom. The highest BCUT2D eigenvalue weighted by molar-refractivity contribution is 7.89. The largest absolute Gasteiger partial charge is 0.486 e. The molecule has 1 aliphatic heterocycles. The van der Waals surface area contributed by atoms with Crippen molar-refractivity contribution in [1.82, 2.24) is 4.72 Å². The van der Waals surface area contributed by atoms with Crippen LogP contribution in [0.5, 0.6) is 11.5 Å². The van der Waals surface area contributed by atoms with Gasteiger partial charge in [-0.15, -0.1) is 0 Å². The molecule has 0 bridgehead atoms. The molecule has 0 atom stereocenters. The van der Waals surface area contributed by atoms with Crippen molar-refractivity contribution in [3.63, 3.8) is 0 Å². The minimum Gasteiger partial charge on any atom is -0.486 e. The van der Waals surface area contributed by atoms with Crippen LogP contribution < -0.4 is 14.2 Å². The van der Waals surface area contributed by atoms with Gasteiger partial charge < -0.3 is 9.47 Å². The molecule has 0 aliphatic carbocycles. The van der Waals surface area contributed by atoms with E-state index in [0.29, 0.717) is 12.4 Å². The molecule has 1 aliphatic rings. The summed E-state index contributed by atoms with van der Waals surface area (Å²) < 4.78 is 84.9. The summed E-state index contributed by atoms with van der Waals surface area (Å²) in [5.41, 5.74) is 0. The molecule has 0 aromatic heterocycles. The van der Waals surface area contributed by atoms with Gasteiger partial charge in [-0.05, 0) is 12.1 Å². The fourth-order valence-corrected chi connectivity index (χ4v) is 2.60. The first-order chi connectivity index (χ1) is 9.72. The van der Waals surface area contributed by atoms with Crippen molar-refractivity contribution in [2.45, 2.75) is 17.2 Å². The number of halogens is 4. The first kappa shape index (κ1) is 15.8. The highest BCUT2D eigenvalue weighted by Gasteiger charge is 2.41. The van der Waals surface area contributed by atoms with E-state index in [4.69, 9.17) is 9.47 Å². The first-order valence-electron chi connectivity index (χ1n) is 5.78. The molecule has 0 unspecified atom stereocenters. The molecule has 0 saturated carbocycles. The Balaban J connectivity index is 2.16. The van der Waals surface area contributed by atoms with Gasteiger partial charge >= 0.3 is 12.3 Å². The Bertz CT molecular complexity index is 621. The maximum Gasteiger partial charge on any atom is 0.320 e. The fraction of sp³-hybridized carbons (Fsp3) is 0.455. The van der Waals surface area contributed by atoms with Gasteiger partial charge in [0.25, 0.3) is 0 Å². The number of alkyl halides is 4. The van der Waals surface area contributed by atoms with Gasteiger partial charge in [0.1, 0.15) is 13.2 Å². The lowest BCUT2D eigenvalue weighted by Gasteiger charge is -2.19. The average molecular weight is 329 g/mol. The molecule has 1 heterocycles. The van der Waals surface area contributed by atoms with Crippen LogP contribution in [-0.2, 0) is 10.0 Å². The van der Waals surface area contributed by atoms with Crippen LogP contribution in [0.15, 0.2) is 23.1 Å². The van der Waals surface area contributed by atoms with E-state index in [9.17, 15) is 26.0 Å². The summed E-state index contributed by atoms with van der Waals surface area (Å²) >= 11 is 0. The van der Waals surface area contributed by atoms with Gasteiger partial charge in [-0.3, -0.25) is 0 Å². The molecule has 1 aromatic carbocycles. The Kier molecular flexibility index (Phi) is 4.28. The monoisotopic (exact) mass is 329 g/mol. The minimum atomic E-state index is -4.44. The molecule has 118 valence electrons. The zero-order valence-electron chi connectivity index (χ0n) is 10.5. The predicted octanol–water partition coefficient (Wildman–Crippen LogP) is 1.64. The first-order valence-corrected chi connectivity index (χ1v) is 7.26. The van der Waals surface area contributed by atoms with Crippen LogP contribution in [0.1, 0.15) is 0 Å². The van der Waals surface area contributed by atoms with E-state index in [0.717, 1.165) is 12.1 Å². The number of rotatable bonds is 5. The van der Waals surface area contributed by atoms with E-state index in [1.165, 1.54) is 10.8 Å². The van der Waals surface area contributed by atoms with Crippen LogP contribution in [0.4, 0.5) is 17.6 Å². The normalized spacial score (nSPS) is 15.3. The van der Waals surface area contributed by atoms with Crippen molar-refractivity contribution < 1.29 is 35.5 Å². The van der Waals surface area contributed by atoms with Gasteiger partial charge in [0, 0.05) is 6.07 Å². The molecule has 0 radical (unpaired) electrons. The minimum absolute atomic E-state index is 0.143. The van der Waals surface area contributed by atoms with Crippen LogP contribution in [0, 0.1) is 0 Å². The second-order valence-corrected chi connectivity index (χ2v) is 5.96. The number of fused-ring (bicyclic) bond motifs is 1. The summed E-state index contributed by atoms with van der Waals surface area (Å²) in [6.45, 7) is -1.17. The summed E-state index contributed by atoms with van der Waals surface area (Å²) in [7, 11) is -4.36. The summed E-state index contributed by atoms with van der Waals surface area (Å²) in [5, 5.41) is 0. The zero-order valence-corrected chi connectivity index (χ0v) is 11.3. The Labute approximate surface area is 117 Å². The van der Waals surface area contributed by atoms with Gasteiger partial charge in [0.15, 0.2) is 11.5 Å². The number of sulfonamides is 1. The third kappa shape index (κ3) is 3.56. The highest BCUT2D eigenvalue weighted by atomic mass is 32.2. The third-order valence-corrected chi connectivity index (χ3v) is 4.04. The third-order valence-electron chi connectivity index (χ3n) is 2.64. The summed E-state index contributed by atoms with van der Waals surface area (Å²) in [6, 6.07) is 3.49. The SMILES string of the molecule is O=S(=O)(NCC(F)(F)C(F)F)c1ccc2c(c1)OCCO2. The molecule has 21 heavy (non-hydrogen) atoms. The van der Waals surface area contributed by atoms with Crippen LogP contribution in [0.25, 0.3) is 0 Å². The quantitative estimate of drug-likeness (QED) is 0.834. The van der Waals surface area contributed by atoms with E-state index in [1.807, 2.05) is 0 Å². The summed E-state index contributed by atoms with van der Waals surface area (Å²) in [6.07, 6.45) is -3.96. The summed E-state index contributed by atoms with van der Waals surface area (Å²) in [4.78, 5) is -0.378. The van der Waals surface area contributed by atoms with Crippen LogP contribution in [-0.4, -0.2) is 40.5 Å². The highest BCUT2D eigenvalue weighted by Crippen LogP contribution is 2.32. The lowest BCUT2D eigenvalue weighted by molar-refractivity contribution is -0.122. The van der Waals surface area contributed by atoms with Crippen molar-refractivity contribution in [2.24, 2.45) is 0 Å². The molecule has 2 rings (SSSR count). The fourth-order valence-electron chi connectivity index (χ4n) is 1.54. The van der Waals surface area contributed by atoms with Gasteiger partial charge in [0.2, 0.25) is 10.0 Å². The van der Waals surface area contributed by atoms with E-state index in [2.05, 4.69) is 0 Å². The smallest absolute Gasteiger partial charge is 0.320 e. The Morgan fingerprint density at radius 1 is 1.19 bits per heavy atom. The second kappa shape index (κ2) is 5.68. The lowest BCUT2D eigenvalue weighted by atomic mass is 10.3. The lowest BCUT2D eigenvalue weighted by Crippen LogP contribution is -2.41. The maximum absolute atomic E-state index is 12.7. The molecule has 1 N–H and O–H groups in total. The zero-order chi connectivity index (χ0) is 15.7. The molecule has 0 amide bonds. The van der Waals surface area contributed by atoms with E-state index in [-0.39, 0.29) is 17.3 Å². The van der Waals surface area contributed by atoms with Gasteiger partial charge in [0.05, 0.1) is 11.4 Å². The predicted molar refractivity (Wildman–Crippen MR) is 63.6 cm³/mol. The van der Waals surface area contributed by atoms with Crippen LogP contribution in [0.2, 0.25) is 0 Å². The van der Waals surface area contributed by atoms with E-state index >= 15 is 0 Å². The van der Waals surface area contributed by atoms with Gasteiger partial charge in [-0.25, -0.2) is 21.9 Å². The van der Waals surface area contributed by atoms with E-state index < -0.39 is 28.9 Å². The number of benzene rings is 1. The Hall–Kier alpha value is -1.55. The van der Waals surface area contributed by atoms with Crippen molar-refractivity contribution in [2.75, 3.05) is 19.8 Å². The molecule has 10 heteroatoms. The van der Waals surface area contributed by atoms with Gasteiger partial charge in [-0.2, -0.15) is 8.78 Å². The molecular formula is C11H11F4NO4S. The van der Waals surface area contributed by atoms with Gasteiger partial charge in [-0.1, -0.05) is 0 Å². The molecular weight excluding hydrogens is 318 g/mol. The van der Waals surface area contributed by atoms with Crippen LogP contribution >= 0.6 is 0 Å². The second-order valence-electron chi connectivity index (χ2n) is 4.19. The molecule has 5 nitrogen and oxygen atoms in total. The number of ether oxygens (including phenoxy) is 2. The standard InChI is InChI=1S/C11H11F4NO4S/c12-10(13)11(14,15)6-16-21(17,18)7-1-2-8-9(5-7)20-4-3-19-8/h1-2,5,10,16H,3-4,6H2. The van der Waals surface area contributed by atoms with Crippen molar-refractivity contribution in [3.05, 3.63) is 18.2 Å². The molecule has 1 aromatic rings. The number of nitrogens with one attached hydrogen (secondary N) is 1. The van der Waals surface area contributed by atoms with Crippen LogP contribution in [0.3, 0.4) is 0 Å². The maximum atomic E-state index is 12.7. The van der Waals surface area contributed by atoms with E-state index in [1.54, 1.807) is 0 Å². The van der Waals surface area contributed by atoms with Crippen molar-refractivity contribution in [3.8, 4) is 11.5 Å². The molecule has 0 fully saturated rings. The van der Waals surface area contributed by atoms with Crippen molar-refractivity contribution in [1.29, 1.82) is 0 Å². The Morgan fingerprint density at radius 2 is 1.81 bits per heavy atom. The molecule has 0 spiro atoms. The number of hydrogen-bond donors (Lipinski definition) is 1.